The van der Waals surface area contributed by atoms with Gasteiger partial charge in [0, 0.05) is 11.3 Å². The zero-order chi connectivity index (χ0) is 25.2. The number of aliphatic hydroxyl groups is 1. The number of aromatic hydroxyl groups is 2. The second-order valence-corrected chi connectivity index (χ2v) is 9.06. The molecule has 4 aromatic carbocycles. The molecular formula is C30H26FNO4. The molecule has 4 aromatic rings. The molecule has 182 valence electrons. The molecule has 0 radical (unpaired) electrons. The number of carbonyl (C=O) groups excluding carboxylic acids is 1. The fourth-order valence-electron chi connectivity index (χ4n) is 4.91. The van der Waals surface area contributed by atoms with Crippen molar-refractivity contribution >= 4 is 11.6 Å². The van der Waals surface area contributed by atoms with Crippen molar-refractivity contribution in [2.75, 3.05) is 4.90 Å². The van der Waals surface area contributed by atoms with Crippen LogP contribution < -0.4 is 4.90 Å². The van der Waals surface area contributed by atoms with Crippen LogP contribution in [0, 0.1) is 11.7 Å². The van der Waals surface area contributed by atoms with E-state index in [1.165, 1.54) is 12.1 Å². The summed E-state index contributed by atoms with van der Waals surface area (Å²) in [4.78, 5) is 14.9. The number of halogens is 1. The summed E-state index contributed by atoms with van der Waals surface area (Å²) in [6.45, 7) is 0. The molecule has 5 rings (SSSR count). The van der Waals surface area contributed by atoms with Crippen molar-refractivity contribution in [1.29, 1.82) is 0 Å². The molecule has 1 aliphatic rings. The van der Waals surface area contributed by atoms with Gasteiger partial charge in [0.15, 0.2) is 0 Å². The molecule has 0 aromatic heterocycles. The Hall–Kier alpha value is -4.16. The summed E-state index contributed by atoms with van der Waals surface area (Å²) in [5, 5.41) is 31.5. The lowest BCUT2D eigenvalue weighted by Crippen LogP contribution is -2.55. The van der Waals surface area contributed by atoms with Crippen LogP contribution in [-0.4, -0.2) is 21.2 Å². The zero-order valence-electron chi connectivity index (χ0n) is 19.5. The number of benzene rings is 4. The number of phenols is 2. The molecule has 0 unspecified atom stereocenters. The maximum absolute atomic E-state index is 13.3. The molecule has 3 atom stereocenters. The van der Waals surface area contributed by atoms with Gasteiger partial charge < -0.3 is 20.2 Å². The van der Waals surface area contributed by atoms with E-state index in [2.05, 4.69) is 0 Å². The first kappa shape index (κ1) is 23.6. The van der Waals surface area contributed by atoms with Crippen LogP contribution in [0.5, 0.6) is 11.5 Å². The van der Waals surface area contributed by atoms with Crippen LogP contribution in [0.25, 0.3) is 11.1 Å². The number of carbonyl (C=O) groups is 1. The van der Waals surface area contributed by atoms with Crippen molar-refractivity contribution in [1.82, 2.24) is 0 Å². The Labute approximate surface area is 208 Å². The third-order valence-electron chi connectivity index (χ3n) is 6.78. The number of hydrogen-bond donors (Lipinski definition) is 3. The number of amides is 1. The minimum Gasteiger partial charge on any atom is -0.508 e. The number of para-hydroxylation sites is 1. The van der Waals surface area contributed by atoms with Gasteiger partial charge in [0.1, 0.15) is 17.3 Å². The number of β-lactam (4-membered cyclic amide) rings is 1. The van der Waals surface area contributed by atoms with E-state index in [9.17, 15) is 24.5 Å². The van der Waals surface area contributed by atoms with Crippen molar-refractivity contribution in [2.24, 2.45) is 5.92 Å². The first-order valence-corrected chi connectivity index (χ1v) is 11.9. The minimum absolute atomic E-state index is 0.0540. The Morgan fingerprint density at radius 1 is 0.833 bits per heavy atom. The highest BCUT2D eigenvalue weighted by Gasteiger charge is 2.49. The molecule has 1 fully saturated rings. The van der Waals surface area contributed by atoms with Gasteiger partial charge in [-0.25, -0.2) is 4.39 Å². The Kier molecular flexibility index (Phi) is 6.44. The van der Waals surface area contributed by atoms with Gasteiger partial charge in [-0.3, -0.25) is 4.79 Å². The maximum atomic E-state index is 13.3. The number of aliphatic hydroxyl groups excluding tert-OH is 1. The maximum Gasteiger partial charge on any atom is 0.233 e. The smallest absolute Gasteiger partial charge is 0.233 e. The van der Waals surface area contributed by atoms with E-state index >= 15 is 0 Å². The van der Waals surface area contributed by atoms with Crippen molar-refractivity contribution in [2.45, 2.75) is 25.0 Å². The van der Waals surface area contributed by atoms with Crippen LogP contribution in [0.3, 0.4) is 0 Å². The van der Waals surface area contributed by atoms with Crippen LogP contribution >= 0.6 is 0 Å². The molecule has 3 N–H and O–H groups in total. The van der Waals surface area contributed by atoms with Crippen LogP contribution in [0.2, 0.25) is 0 Å². The summed E-state index contributed by atoms with van der Waals surface area (Å²) in [6.07, 6.45) is -0.103. The van der Waals surface area contributed by atoms with Crippen LogP contribution in [0.1, 0.15) is 36.1 Å². The highest BCUT2D eigenvalue weighted by atomic mass is 19.1. The average molecular weight is 484 g/mol. The Morgan fingerprint density at radius 3 is 2.25 bits per heavy atom. The fraction of sp³-hybridized carbons (Fsp3) is 0.167. The SMILES string of the molecule is O=C1[C@@H](CC[C@H](O)c2ccc(F)cc2)[C@H](c2ccc(-c3cccc(O)c3)cc2O)N1c1ccccc1. The summed E-state index contributed by atoms with van der Waals surface area (Å²) < 4.78 is 13.2. The van der Waals surface area contributed by atoms with Gasteiger partial charge in [-0.2, -0.15) is 0 Å². The van der Waals surface area contributed by atoms with E-state index in [4.69, 9.17) is 0 Å². The monoisotopic (exact) mass is 483 g/mol. The average Bonchev–Trinajstić information content (AvgIpc) is 2.88. The quantitative estimate of drug-likeness (QED) is 0.277. The van der Waals surface area contributed by atoms with Crippen LogP contribution in [0.15, 0.2) is 97.1 Å². The third kappa shape index (κ3) is 4.55. The molecule has 6 heteroatoms. The predicted molar refractivity (Wildman–Crippen MR) is 136 cm³/mol. The largest absolute Gasteiger partial charge is 0.508 e. The highest BCUT2D eigenvalue weighted by molar-refractivity contribution is 6.03. The number of nitrogens with zero attached hydrogens (tertiary/aromatic N) is 1. The van der Waals surface area contributed by atoms with Crippen LogP contribution in [-0.2, 0) is 4.79 Å². The summed E-state index contributed by atoms with van der Waals surface area (Å²) >= 11 is 0. The van der Waals surface area contributed by atoms with E-state index in [0.29, 0.717) is 24.0 Å². The van der Waals surface area contributed by atoms with Crippen molar-refractivity contribution < 1.29 is 24.5 Å². The topological polar surface area (TPSA) is 81.0 Å². The predicted octanol–water partition coefficient (Wildman–Crippen LogP) is 6.12. The number of hydrogen-bond acceptors (Lipinski definition) is 4. The van der Waals surface area contributed by atoms with E-state index in [1.54, 1.807) is 41.3 Å². The lowest BCUT2D eigenvalue weighted by atomic mass is 9.77. The molecule has 0 saturated carbocycles. The van der Waals surface area contributed by atoms with Gasteiger partial charge in [-0.05, 0) is 72.0 Å². The molecule has 1 heterocycles. The Morgan fingerprint density at radius 2 is 1.56 bits per heavy atom. The lowest BCUT2D eigenvalue weighted by Gasteiger charge is -2.48. The summed E-state index contributed by atoms with van der Waals surface area (Å²) in [5.74, 6) is -0.691. The molecule has 5 nitrogen and oxygen atoms in total. The summed E-state index contributed by atoms with van der Waals surface area (Å²) in [6, 6.07) is 26.7. The highest BCUT2D eigenvalue weighted by Crippen LogP contribution is 2.49. The van der Waals surface area contributed by atoms with E-state index in [1.807, 2.05) is 48.5 Å². The fourth-order valence-corrected chi connectivity index (χ4v) is 4.91. The molecule has 1 saturated heterocycles. The first-order valence-electron chi connectivity index (χ1n) is 11.9. The molecular weight excluding hydrogens is 457 g/mol. The second-order valence-electron chi connectivity index (χ2n) is 9.06. The molecule has 1 amide bonds. The number of anilines is 1. The zero-order valence-corrected chi connectivity index (χ0v) is 19.5. The van der Waals surface area contributed by atoms with E-state index in [-0.39, 0.29) is 23.2 Å². The second kappa shape index (κ2) is 9.84. The van der Waals surface area contributed by atoms with Gasteiger partial charge in [0.25, 0.3) is 0 Å². The lowest BCUT2D eigenvalue weighted by molar-refractivity contribution is -0.131. The number of rotatable bonds is 7. The summed E-state index contributed by atoms with van der Waals surface area (Å²) in [7, 11) is 0. The van der Waals surface area contributed by atoms with Gasteiger partial charge in [0.05, 0.1) is 18.1 Å². The van der Waals surface area contributed by atoms with Crippen molar-refractivity contribution in [3.8, 4) is 22.6 Å². The van der Waals surface area contributed by atoms with Gasteiger partial charge in [-0.1, -0.05) is 54.6 Å². The molecule has 0 bridgehead atoms. The van der Waals surface area contributed by atoms with Gasteiger partial charge in [-0.15, -0.1) is 0 Å². The Balaban J connectivity index is 1.43. The molecule has 0 aliphatic carbocycles. The van der Waals surface area contributed by atoms with Gasteiger partial charge >= 0.3 is 0 Å². The molecule has 1 aliphatic heterocycles. The van der Waals surface area contributed by atoms with E-state index < -0.39 is 18.1 Å². The summed E-state index contributed by atoms with van der Waals surface area (Å²) in [5.41, 5.74) is 3.45. The number of phenolic OH excluding ortho intramolecular Hbond substituents is 2. The molecule has 36 heavy (non-hydrogen) atoms. The third-order valence-corrected chi connectivity index (χ3v) is 6.78. The minimum atomic E-state index is -0.827. The van der Waals surface area contributed by atoms with E-state index in [0.717, 1.165) is 16.8 Å². The first-order chi connectivity index (χ1) is 17.4. The Bertz CT molecular complexity index is 1370. The standard InChI is InChI=1S/C30H26FNO4/c31-22-12-9-19(10-13-22)27(34)16-15-26-29(32(30(26)36)23-6-2-1-3-7-23)25-14-11-21(18-28(25)35)20-5-4-8-24(33)17-20/h1-14,17-18,26-27,29,33-35H,15-16H2/t26-,27-,29-/m0/s1. The molecule has 0 spiro atoms. The van der Waals surface area contributed by atoms with Crippen LogP contribution in [0.4, 0.5) is 10.1 Å². The van der Waals surface area contributed by atoms with Gasteiger partial charge in [0.2, 0.25) is 5.91 Å². The van der Waals surface area contributed by atoms with Crippen molar-refractivity contribution in [3.63, 3.8) is 0 Å². The normalized spacial score (nSPS) is 18.1. The van der Waals surface area contributed by atoms with Crippen molar-refractivity contribution in [3.05, 3.63) is 114 Å².